The molecule has 4 heteroatoms. The summed E-state index contributed by atoms with van der Waals surface area (Å²) in [6.45, 7) is 2.07. The van der Waals surface area contributed by atoms with Crippen molar-refractivity contribution in [3.63, 3.8) is 0 Å². The summed E-state index contributed by atoms with van der Waals surface area (Å²) in [5.74, 6) is -0.422. The van der Waals surface area contributed by atoms with E-state index < -0.39 is 5.97 Å². The van der Waals surface area contributed by atoms with E-state index >= 15 is 0 Å². The highest BCUT2D eigenvalue weighted by atomic mass is 35.5. The Kier molecular flexibility index (Phi) is 4.07. The zero-order chi connectivity index (χ0) is 13.8. The molecule has 3 nitrogen and oxygen atoms in total. The highest BCUT2D eigenvalue weighted by Gasteiger charge is 2.15. The average Bonchev–Trinajstić information content (AvgIpc) is 2.40. The van der Waals surface area contributed by atoms with Crippen LogP contribution < -0.4 is 5.73 Å². The molecule has 2 aromatic rings. The van der Waals surface area contributed by atoms with Gasteiger partial charge in [0.05, 0.1) is 17.9 Å². The molecule has 0 aliphatic heterocycles. The van der Waals surface area contributed by atoms with Gasteiger partial charge in [-0.25, -0.2) is 4.79 Å². The highest BCUT2D eigenvalue weighted by molar-refractivity contribution is 6.33. The molecule has 0 aliphatic carbocycles. The monoisotopic (exact) mass is 275 g/mol. The van der Waals surface area contributed by atoms with Gasteiger partial charge in [-0.2, -0.15) is 0 Å². The first-order valence-corrected chi connectivity index (χ1v) is 6.33. The Balaban J connectivity index is 2.52. The van der Waals surface area contributed by atoms with Gasteiger partial charge in [-0.15, -0.1) is 0 Å². The van der Waals surface area contributed by atoms with Gasteiger partial charge in [0, 0.05) is 16.1 Å². The van der Waals surface area contributed by atoms with Crippen molar-refractivity contribution < 1.29 is 9.53 Å². The van der Waals surface area contributed by atoms with Crippen molar-refractivity contribution in [3.05, 3.63) is 53.1 Å². The normalized spacial score (nSPS) is 10.2. The number of carbonyl (C=O) groups is 1. The maximum Gasteiger partial charge on any atom is 0.340 e. The number of halogens is 1. The second kappa shape index (κ2) is 5.76. The molecule has 98 valence electrons. The van der Waals surface area contributed by atoms with Crippen molar-refractivity contribution in [2.45, 2.75) is 6.92 Å². The van der Waals surface area contributed by atoms with Gasteiger partial charge in [-0.05, 0) is 19.1 Å². The number of ether oxygens (including phenoxy) is 1. The van der Waals surface area contributed by atoms with Gasteiger partial charge in [-0.1, -0.05) is 41.9 Å². The fraction of sp³-hybridized carbons (Fsp3) is 0.133. The number of para-hydroxylation sites is 1. The van der Waals surface area contributed by atoms with Gasteiger partial charge in [-0.3, -0.25) is 0 Å². The minimum absolute atomic E-state index is 0.314. The molecule has 0 radical (unpaired) electrons. The van der Waals surface area contributed by atoms with Crippen molar-refractivity contribution in [1.29, 1.82) is 0 Å². The molecule has 0 atom stereocenters. The third-order valence-electron chi connectivity index (χ3n) is 2.77. The van der Waals surface area contributed by atoms with Crippen molar-refractivity contribution in [2.24, 2.45) is 0 Å². The summed E-state index contributed by atoms with van der Waals surface area (Å²) in [4.78, 5) is 11.8. The SMILES string of the molecule is CCOC(=O)c1cccc(-c2ccccc2Cl)c1N. The van der Waals surface area contributed by atoms with Crippen LogP contribution in [0.3, 0.4) is 0 Å². The van der Waals surface area contributed by atoms with E-state index in [9.17, 15) is 4.79 Å². The molecule has 0 amide bonds. The van der Waals surface area contributed by atoms with Gasteiger partial charge >= 0.3 is 5.97 Å². The standard InChI is InChI=1S/C15H14ClNO2/c1-2-19-15(18)12-8-5-7-11(14(12)17)10-6-3-4-9-13(10)16/h3-9H,2,17H2,1H3. The van der Waals surface area contributed by atoms with Crippen molar-refractivity contribution >= 4 is 23.3 Å². The fourth-order valence-corrected chi connectivity index (χ4v) is 2.10. The van der Waals surface area contributed by atoms with Crippen LogP contribution in [0, 0.1) is 0 Å². The summed E-state index contributed by atoms with van der Waals surface area (Å²) >= 11 is 6.15. The Labute approximate surface area is 117 Å². The van der Waals surface area contributed by atoms with Gasteiger partial charge in [0.25, 0.3) is 0 Å². The van der Waals surface area contributed by atoms with Crippen LogP contribution in [-0.4, -0.2) is 12.6 Å². The van der Waals surface area contributed by atoms with E-state index in [0.717, 1.165) is 11.1 Å². The number of nitrogen functional groups attached to an aromatic ring is 1. The lowest BCUT2D eigenvalue weighted by Crippen LogP contribution is -2.08. The molecule has 2 N–H and O–H groups in total. The second-order valence-electron chi connectivity index (χ2n) is 3.97. The lowest BCUT2D eigenvalue weighted by Gasteiger charge is -2.11. The molecule has 0 aliphatic rings. The van der Waals surface area contributed by atoms with Gasteiger partial charge in [0.2, 0.25) is 0 Å². The lowest BCUT2D eigenvalue weighted by molar-refractivity contribution is 0.0527. The number of esters is 1. The summed E-state index contributed by atoms with van der Waals surface area (Å²) in [5.41, 5.74) is 8.33. The summed E-state index contributed by atoms with van der Waals surface area (Å²) in [6, 6.07) is 12.6. The third-order valence-corrected chi connectivity index (χ3v) is 3.10. The van der Waals surface area contributed by atoms with Gasteiger partial charge in [0.15, 0.2) is 0 Å². The van der Waals surface area contributed by atoms with E-state index in [-0.39, 0.29) is 0 Å². The van der Waals surface area contributed by atoms with Crippen LogP contribution in [-0.2, 0) is 4.74 Å². The summed E-state index contributed by atoms with van der Waals surface area (Å²) in [7, 11) is 0. The van der Waals surface area contributed by atoms with Crippen LogP contribution in [0.25, 0.3) is 11.1 Å². The highest BCUT2D eigenvalue weighted by Crippen LogP contribution is 2.33. The molecular formula is C15H14ClNO2. The molecule has 0 saturated heterocycles. The Bertz CT molecular complexity index is 611. The van der Waals surface area contributed by atoms with E-state index in [1.807, 2.05) is 24.3 Å². The first-order chi connectivity index (χ1) is 9.15. The summed E-state index contributed by atoms with van der Waals surface area (Å²) in [5, 5.41) is 0.593. The molecule has 0 unspecified atom stereocenters. The number of hydrogen-bond acceptors (Lipinski definition) is 3. The second-order valence-corrected chi connectivity index (χ2v) is 4.37. The molecule has 0 saturated carbocycles. The molecular weight excluding hydrogens is 262 g/mol. The van der Waals surface area contributed by atoms with Crippen LogP contribution in [0.5, 0.6) is 0 Å². The quantitative estimate of drug-likeness (QED) is 0.685. The van der Waals surface area contributed by atoms with Crippen LogP contribution in [0.4, 0.5) is 5.69 Å². The van der Waals surface area contributed by atoms with Gasteiger partial charge < -0.3 is 10.5 Å². The van der Waals surface area contributed by atoms with E-state index in [1.165, 1.54) is 0 Å². The predicted molar refractivity (Wildman–Crippen MR) is 77.3 cm³/mol. The number of nitrogens with two attached hydrogens (primary N) is 1. The molecule has 0 heterocycles. The average molecular weight is 276 g/mol. The third kappa shape index (κ3) is 2.71. The molecule has 19 heavy (non-hydrogen) atoms. The smallest absolute Gasteiger partial charge is 0.340 e. The minimum atomic E-state index is -0.422. The molecule has 0 fully saturated rings. The van der Waals surface area contributed by atoms with Crippen LogP contribution >= 0.6 is 11.6 Å². The number of hydrogen-bond donors (Lipinski definition) is 1. The number of anilines is 1. The van der Waals surface area contributed by atoms with Crippen LogP contribution in [0.15, 0.2) is 42.5 Å². The minimum Gasteiger partial charge on any atom is -0.462 e. The predicted octanol–water partition coefficient (Wildman–Crippen LogP) is 3.77. The maximum atomic E-state index is 11.8. The van der Waals surface area contributed by atoms with Crippen molar-refractivity contribution in [3.8, 4) is 11.1 Å². The van der Waals surface area contributed by atoms with Crippen LogP contribution in [0.2, 0.25) is 5.02 Å². The Morgan fingerprint density at radius 1 is 1.16 bits per heavy atom. The number of rotatable bonds is 3. The number of carbonyl (C=O) groups excluding carboxylic acids is 1. The van der Waals surface area contributed by atoms with E-state index in [4.69, 9.17) is 22.1 Å². The maximum absolute atomic E-state index is 11.8. The first kappa shape index (κ1) is 13.4. The van der Waals surface area contributed by atoms with Crippen molar-refractivity contribution in [1.82, 2.24) is 0 Å². The molecule has 2 rings (SSSR count). The van der Waals surface area contributed by atoms with E-state index in [1.54, 1.807) is 25.1 Å². The Hall–Kier alpha value is -2.00. The van der Waals surface area contributed by atoms with Gasteiger partial charge in [0.1, 0.15) is 0 Å². The Morgan fingerprint density at radius 2 is 1.84 bits per heavy atom. The van der Waals surface area contributed by atoms with E-state index in [0.29, 0.717) is 22.9 Å². The molecule has 0 aromatic heterocycles. The summed E-state index contributed by atoms with van der Waals surface area (Å²) < 4.78 is 4.98. The molecule has 0 bridgehead atoms. The lowest BCUT2D eigenvalue weighted by atomic mass is 10.0. The number of benzene rings is 2. The summed E-state index contributed by atoms with van der Waals surface area (Å²) in [6.07, 6.45) is 0. The zero-order valence-corrected chi connectivity index (χ0v) is 11.3. The fourth-order valence-electron chi connectivity index (χ4n) is 1.87. The largest absolute Gasteiger partial charge is 0.462 e. The molecule has 0 spiro atoms. The molecule has 2 aromatic carbocycles. The van der Waals surface area contributed by atoms with Crippen LogP contribution in [0.1, 0.15) is 17.3 Å². The van der Waals surface area contributed by atoms with Crippen molar-refractivity contribution in [2.75, 3.05) is 12.3 Å². The zero-order valence-electron chi connectivity index (χ0n) is 10.5. The first-order valence-electron chi connectivity index (χ1n) is 5.95. The topological polar surface area (TPSA) is 52.3 Å². The van der Waals surface area contributed by atoms with E-state index in [2.05, 4.69) is 0 Å². The Morgan fingerprint density at radius 3 is 2.53 bits per heavy atom.